The zero-order valence-corrected chi connectivity index (χ0v) is 16.8. The number of hydrogen-bond donors (Lipinski definition) is 0. The molecule has 0 spiro atoms. The van der Waals surface area contributed by atoms with Crippen molar-refractivity contribution in [2.75, 3.05) is 7.11 Å². The second kappa shape index (κ2) is 8.46. The molecule has 0 aromatic heterocycles. The molecule has 1 saturated heterocycles. The summed E-state index contributed by atoms with van der Waals surface area (Å²) in [6.45, 7) is 5.86. The summed E-state index contributed by atoms with van der Waals surface area (Å²) in [4.78, 5) is 27.0. The Hall–Kier alpha value is -2.82. The number of esters is 1. The van der Waals surface area contributed by atoms with Gasteiger partial charge in [0.1, 0.15) is 6.10 Å². The third-order valence-electron chi connectivity index (χ3n) is 5.50. The van der Waals surface area contributed by atoms with Crippen LogP contribution in [0.2, 0.25) is 0 Å². The second-order valence-electron chi connectivity index (χ2n) is 7.25. The maximum absolute atomic E-state index is 12.8. The summed E-state index contributed by atoms with van der Waals surface area (Å²) < 4.78 is 10.7. The van der Waals surface area contributed by atoms with Crippen molar-refractivity contribution in [1.82, 2.24) is 4.90 Å². The summed E-state index contributed by atoms with van der Waals surface area (Å²) in [5.74, 6) is -0.454. The van der Waals surface area contributed by atoms with Crippen LogP contribution in [0, 0.1) is 5.92 Å². The number of rotatable bonds is 6. The van der Waals surface area contributed by atoms with Crippen molar-refractivity contribution < 1.29 is 19.1 Å². The molecule has 28 heavy (non-hydrogen) atoms. The standard InChI is InChI=1S/C23H27NO4/c1-5-6-10-15(2)21-20(22(25)27-4)24(23(26)28-21)16(3)18-14-9-12-17-11-7-8-13-19(17)18/h5-9,11-16,20-21H,10H2,1-4H3/b6-5+. The predicted octanol–water partition coefficient (Wildman–Crippen LogP) is 4.87. The molecule has 148 valence electrons. The van der Waals surface area contributed by atoms with Gasteiger partial charge in [-0.25, -0.2) is 9.59 Å². The van der Waals surface area contributed by atoms with Gasteiger partial charge in [0, 0.05) is 0 Å². The van der Waals surface area contributed by atoms with E-state index in [4.69, 9.17) is 9.47 Å². The van der Waals surface area contributed by atoms with E-state index in [0.717, 1.165) is 22.8 Å². The van der Waals surface area contributed by atoms with E-state index in [2.05, 4.69) is 0 Å². The Morgan fingerprint density at radius 2 is 1.93 bits per heavy atom. The molecule has 1 fully saturated rings. The van der Waals surface area contributed by atoms with Gasteiger partial charge in [0.25, 0.3) is 0 Å². The van der Waals surface area contributed by atoms with Crippen molar-refractivity contribution in [3.05, 3.63) is 60.2 Å². The highest BCUT2D eigenvalue weighted by Crippen LogP contribution is 2.37. The van der Waals surface area contributed by atoms with Crippen LogP contribution in [0.4, 0.5) is 4.79 Å². The monoisotopic (exact) mass is 381 g/mol. The number of hydrogen-bond acceptors (Lipinski definition) is 4. The van der Waals surface area contributed by atoms with Crippen molar-refractivity contribution in [3.8, 4) is 0 Å². The summed E-state index contributed by atoms with van der Waals surface area (Å²) in [6.07, 6.45) is 3.67. The number of fused-ring (bicyclic) bond motifs is 1. The topological polar surface area (TPSA) is 55.8 Å². The molecule has 1 heterocycles. The molecule has 1 amide bonds. The van der Waals surface area contributed by atoms with Crippen molar-refractivity contribution in [2.45, 2.75) is 45.4 Å². The van der Waals surface area contributed by atoms with Crippen LogP contribution in [0.5, 0.6) is 0 Å². The molecule has 0 saturated carbocycles. The Kier molecular flexibility index (Phi) is 6.02. The van der Waals surface area contributed by atoms with Crippen molar-refractivity contribution in [1.29, 1.82) is 0 Å². The van der Waals surface area contributed by atoms with Gasteiger partial charge in [0.15, 0.2) is 6.04 Å². The van der Waals surface area contributed by atoms with Crippen LogP contribution in [0.25, 0.3) is 10.8 Å². The molecule has 4 unspecified atom stereocenters. The molecular weight excluding hydrogens is 354 g/mol. The van der Waals surface area contributed by atoms with Gasteiger partial charge in [-0.2, -0.15) is 0 Å². The van der Waals surface area contributed by atoms with Crippen LogP contribution in [0.3, 0.4) is 0 Å². The summed E-state index contributed by atoms with van der Waals surface area (Å²) >= 11 is 0. The maximum Gasteiger partial charge on any atom is 0.411 e. The lowest BCUT2D eigenvalue weighted by Gasteiger charge is -2.30. The van der Waals surface area contributed by atoms with E-state index in [1.165, 1.54) is 12.0 Å². The van der Waals surface area contributed by atoms with Crippen LogP contribution in [0.1, 0.15) is 38.8 Å². The highest BCUT2D eigenvalue weighted by atomic mass is 16.6. The average Bonchev–Trinajstić information content (AvgIpc) is 3.07. The van der Waals surface area contributed by atoms with Gasteiger partial charge in [-0.1, -0.05) is 61.5 Å². The number of allylic oxidation sites excluding steroid dienone is 2. The number of nitrogens with zero attached hydrogens (tertiary/aromatic N) is 1. The molecule has 2 aromatic rings. The number of benzene rings is 2. The van der Waals surface area contributed by atoms with E-state index < -0.39 is 24.2 Å². The minimum Gasteiger partial charge on any atom is -0.467 e. The Labute approximate surface area is 165 Å². The van der Waals surface area contributed by atoms with Crippen LogP contribution in [-0.4, -0.2) is 36.2 Å². The Morgan fingerprint density at radius 3 is 2.64 bits per heavy atom. The first-order valence-electron chi connectivity index (χ1n) is 9.65. The summed E-state index contributed by atoms with van der Waals surface area (Å²) in [5, 5.41) is 2.14. The van der Waals surface area contributed by atoms with Crippen LogP contribution >= 0.6 is 0 Å². The number of cyclic esters (lactones) is 1. The van der Waals surface area contributed by atoms with Crippen LogP contribution in [-0.2, 0) is 14.3 Å². The SMILES string of the molecule is C/C=C/CC(C)C1OC(=O)N(C(C)c2cccc3ccccc23)C1C(=O)OC. The number of amides is 1. The largest absolute Gasteiger partial charge is 0.467 e. The molecule has 1 aliphatic heterocycles. The van der Waals surface area contributed by atoms with Crippen molar-refractivity contribution in [3.63, 3.8) is 0 Å². The minimum atomic E-state index is -0.772. The molecule has 4 atom stereocenters. The van der Waals surface area contributed by atoms with E-state index >= 15 is 0 Å². The first kappa shape index (κ1) is 19.9. The smallest absolute Gasteiger partial charge is 0.411 e. The van der Waals surface area contributed by atoms with Crippen molar-refractivity contribution in [2.24, 2.45) is 5.92 Å². The summed E-state index contributed by atoms with van der Waals surface area (Å²) in [5.41, 5.74) is 0.978. The molecule has 0 bridgehead atoms. The van der Waals surface area contributed by atoms with Gasteiger partial charge in [-0.3, -0.25) is 4.90 Å². The lowest BCUT2D eigenvalue weighted by atomic mass is 9.92. The van der Waals surface area contributed by atoms with E-state index in [1.807, 2.05) is 75.4 Å². The quantitative estimate of drug-likeness (QED) is 0.529. The van der Waals surface area contributed by atoms with E-state index in [1.54, 1.807) is 0 Å². The lowest BCUT2D eigenvalue weighted by Crippen LogP contribution is -2.46. The van der Waals surface area contributed by atoms with Crippen molar-refractivity contribution >= 4 is 22.8 Å². The molecule has 0 aliphatic carbocycles. The van der Waals surface area contributed by atoms with Crippen LogP contribution < -0.4 is 0 Å². The number of methoxy groups -OCH3 is 1. The molecule has 1 aliphatic rings. The van der Waals surface area contributed by atoms with Gasteiger partial charge in [-0.15, -0.1) is 0 Å². The third-order valence-corrected chi connectivity index (χ3v) is 5.50. The Balaban J connectivity index is 2.00. The van der Waals surface area contributed by atoms with Crippen LogP contribution in [0.15, 0.2) is 54.6 Å². The zero-order valence-electron chi connectivity index (χ0n) is 16.8. The molecule has 3 rings (SSSR count). The van der Waals surface area contributed by atoms with Gasteiger partial charge < -0.3 is 9.47 Å². The molecule has 5 nitrogen and oxygen atoms in total. The average molecular weight is 381 g/mol. The molecule has 5 heteroatoms. The zero-order chi connectivity index (χ0) is 20.3. The van der Waals surface area contributed by atoms with E-state index in [0.29, 0.717) is 0 Å². The highest BCUT2D eigenvalue weighted by molar-refractivity contribution is 5.88. The first-order chi connectivity index (χ1) is 13.5. The molecule has 2 aromatic carbocycles. The summed E-state index contributed by atoms with van der Waals surface area (Å²) in [6, 6.07) is 12.9. The highest BCUT2D eigenvalue weighted by Gasteiger charge is 2.51. The second-order valence-corrected chi connectivity index (χ2v) is 7.25. The van der Waals surface area contributed by atoms with E-state index in [-0.39, 0.29) is 12.0 Å². The fraction of sp³-hybridized carbons (Fsp3) is 0.391. The summed E-state index contributed by atoms with van der Waals surface area (Å²) in [7, 11) is 1.35. The molecule has 0 N–H and O–H groups in total. The lowest BCUT2D eigenvalue weighted by molar-refractivity contribution is -0.147. The van der Waals surface area contributed by atoms with E-state index in [9.17, 15) is 9.59 Å². The Morgan fingerprint density at radius 1 is 1.21 bits per heavy atom. The Bertz CT molecular complexity index is 886. The van der Waals surface area contributed by atoms with Gasteiger partial charge >= 0.3 is 12.1 Å². The van der Waals surface area contributed by atoms with Gasteiger partial charge in [0.2, 0.25) is 0 Å². The predicted molar refractivity (Wildman–Crippen MR) is 109 cm³/mol. The first-order valence-corrected chi connectivity index (χ1v) is 9.65. The van der Waals surface area contributed by atoms with Gasteiger partial charge in [-0.05, 0) is 42.5 Å². The minimum absolute atomic E-state index is 0.00559. The molecule has 0 radical (unpaired) electrons. The number of carbonyl (C=O) groups excluding carboxylic acids is 2. The molecular formula is C23H27NO4. The van der Waals surface area contributed by atoms with Gasteiger partial charge in [0.05, 0.1) is 13.2 Å². The number of carbonyl (C=O) groups is 2. The fourth-order valence-corrected chi connectivity index (χ4v) is 3.96. The third kappa shape index (κ3) is 3.61. The number of ether oxygens (including phenoxy) is 2. The maximum atomic E-state index is 12.8. The normalized spacial score (nSPS) is 21.7. The fourth-order valence-electron chi connectivity index (χ4n) is 3.96.